The van der Waals surface area contributed by atoms with Crippen LogP contribution in [0.15, 0.2) is 58.3 Å². The molecule has 0 aliphatic rings. The van der Waals surface area contributed by atoms with Gasteiger partial charge >= 0.3 is 0 Å². The fraction of sp³-hybridized carbons (Fsp3) is 0.333. The van der Waals surface area contributed by atoms with Crippen molar-refractivity contribution in [3.8, 4) is 0 Å². The van der Waals surface area contributed by atoms with E-state index in [0.717, 1.165) is 14.2 Å². The third kappa shape index (κ3) is 5.11. The second-order valence-electron chi connectivity index (χ2n) is 6.41. The topological polar surface area (TPSA) is 84.0 Å². The predicted molar refractivity (Wildman–Crippen MR) is 108 cm³/mol. The Bertz CT molecular complexity index is 1000. The molecule has 0 aromatic heterocycles. The Morgan fingerprint density at radius 3 is 1.57 bits per heavy atom. The van der Waals surface area contributed by atoms with Gasteiger partial charge in [-0.2, -0.15) is 0 Å². The van der Waals surface area contributed by atoms with Crippen molar-refractivity contribution >= 4 is 31.6 Å². The SMILES string of the molecule is CN(C)S(=O)(=O)c1ccc(COC(Cl)c2ccc(S(=O)(=O)N(C)C)cc2)cc1. The van der Waals surface area contributed by atoms with Gasteiger partial charge in [0.1, 0.15) is 0 Å². The van der Waals surface area contributed by atoms with Gasteiger partial charge in [0.05, 0.1) is 16.4 Å². The standard InChI is InChI=1S/C18H23ClN2O5S2/c1-20(2)27(22,23)16-9-5-14(6-10-16)13-26-18(19)15-7-11-17(12-8-15)28(24,25)21(3)4/h5-12,18H,13H2,1-4H3. The van der Waals surface area contributed by atoms with Crippen molar-refractivity contribution in [2.75, 3.05) is 28.2 Å². The first-order valence-electron chi connectivity index (χ1n) is 8.26. The zero-order valence-electron chi connectivity index (χ0n) is 16.0. The molecule has 7 nitrogen and oxygen atoms in total. The lowest BCUT2D eigenvalue weighted by atomic mass is 10.2. The third-order valence-corrected chi connectivity index (χ3v) is 8.06. The van der Waals surface area contributed by atoms with Crippen molar-refractivity contribution in [2.45, 2.75) is 22.0 Å². The van der Waals surface area contributed by atoms with Gasteiger partial charge < -0.3 is 4.74 Å². The quantitative estimate of drug-likeness (QED) is 0.582. The Hall–Kier alpha value is -1.49. The summed E-state index contributed by atoms with van der Waals surface area (Å²) in [4.78, 5) is 0.365. The first kappa shape index (κ1) is 22.8. The molecule has 0 bridgehead atoms. The van der Waals surface area contributed by atoms with E-state index >= 15 is 0 Å². The number of sulfonamides is 2. The Balaban J connectivity index is 2.03. The van der Waals surface area contributed by atoms with Crippen molar-refractivity contribution in [3.63, 3.8) is 0 Å². The zero-order valence-corrected chi connectivity index (χ0v) is 18.4. The van der Waals surface area contributed by atoms with Crippen molar-refractivity contribution in [1.82, 2.24) is 8.61 Å². The molecule has 1 atom stereocenters. The molecule has 0 aliphatic carbocycles. The lowest BCUT2D eigenvalue weighted by molar-refractivity contribution is 0.0942. The molecule has 2 rings (SSSR count). The maximum Gasteiger partial charge on any atom is 0.242 e. The zero-order chi connectivity index (χ0) is 21.1. The van der Waals surface area contributed by atoms with E-state index in [1.807, 2.05) is 0 Å². The summed E-state index contributed by atoms with van der Waals surface area (Å²) in [5, 5.41) is 0. The summed E-state index contributed by atoms with van der Waals surface area (Å²) >= 11 is 6.25. The van der Waals surface area contributed by atoms with Crippen molar-refractivity contribution in [3.05, 3.63) is 59.7 Å². The highest BCUT2D eigenvalue weighted by atomic mass is 35.5. The average Bonchev–Trinajstić information content (AvgIpc) is 2.66. The monoisotopic (exact) mass is 446 g/mol. The van der Waals surface area contributed by atoms with Gasteiger partial charge in [-0.3, -0.25) is 0 Å². The molecule has 0 saturated heterocycles. The van der Waals surface area contributed by atoms with E-state index in [-0.39, 0.29) is 16.4 Å². The molecule has 0 saturated carbocycles. The summed E-state index contributed by atoms with van der Waals surface area (Å²) < 4.78 is 56.2. The third-order valence-electron chi connectivity index (χ3n) is 4.02. The minimum absolute atomic E-state index is 0.169. The molecule has 1 unspecified atom stereocenters. The van der Waals surface area contributed by atoms with E-state index in [0.29, 0.717) is 5.56 Å². The van der Waals surface area contributed by atoms with Crippen LogP contribution in [-0.4, -0.2) is 53.6 Å². The Kier molecular flexibility index (Phi) is 7.24. The fourth-order valence-electron chi connectivity index (χ4n) is 2.24. The van der Waals surface area contributed by atoms with Crippen LogP contribution < -0.4 is 0 Å². The molecule has 154 valence electrons. The predicted octanol–water partition coefficient (Wildman–Crippen LogP) is 2.64. The van der Waals surface area contributed by atoms with Crippen LogP contribution in [0.2, 0.25) is 0 Å². The number of nitrogens with zero attached hydrogens (tertiary/aromatic N) is 2. The van der Waals surface area contributed by atoms with Gasteiger partial charge in [-0.05, 0) is 35.4 Å². The first-order valence-corrected chi connectivity index (χ1v) is 11.6. The molecule has 0 aliphatic heterocycles. The molecule has 0 heterocycles. The molecule has 0 radical (unpaired) electrons. The van der Waals surface area contributed by atoms with Gasteiger partial charge in [0.25, 0.3) is 0 Å². The number of hydrogen-bond donors (Lipinski definition) is 0. The van der Waals surface area contributed by atoms with Crippen molar-refractivity contribution in [2.24, 2.45) is 0 Å². The van der Waals surface area contributed by atoms with Gasteiger partial charge in [0.2, 0.25) is 20.0 Å². The number of hydrogen-bond acceptors (Lipinski definition) is 5. The highest BCUT2D eigenvalue weighted by Gasteiger charge is 2.19. The summed E-state index contributed by atoms with van der Waals surface area (Å²) in [5.74, 6) is 0. The largest absolute Gasteiger partial charge is 0.354 e. The highest BCUT2D eigenvalue weighted by molar-refractivity contribution is 7.89. The second-order valence-corrected chi connectivity index (χ2v) is 11.1. The molecular weight excluding hydrogens is 424 g/mol. The molecule has 0 fully saturated rings. The van der Waals surface area contributed by atoms with Crippen LogP contribution >= 0.6 is 11.6 Å². The van der Waals surface area contributed by atoms with E-state index in [2.05, 4.69) is 0 Å². The van der Waals surface area contributed by atoms with E-state index in [1.165, 1.54) is 52.5 Å². The lowest BCUT2D eigenvalue weighted by Crippen LogP contribution is -2.22. The average molecular weight is 447 g/mol. The number of alkyl halides is 1. The number of ether oxygens (including phenoxy) is 1. The van der Waals surface area contributed by atoms with Gasteiger partial charge in [-0.15, -0.1) is 0 Å². The minimum Gasteiger partial charge on any atom is -0.354 e. The second kappa shape index (κ2) is 8.89. The Labute approximate surface area is 171 Å². The van der Waals surface area contributed by atoms with Crippen LogP contribution in [0.25, 0.3) is 0 Å². The normalized spacial score (nSPS) is 13.8. The highest BCUT2D eigenvalue weighted by Crippen LogP contribution is 2.25. The van der Waals surface area contributed by atoms with Gasteiger partial charge in [-0.25, -0.2) is 25.4 Å². The van der Waals surface area contributed by atoms with Crippen LogP contribution in [0.1, 0.15) is 16.7 Å². The van der Waals surface area contributed by atoms with Crippen LogP contribution in [0.5, 0.6) is 0 Å². The molecule has 0 spiro atoms. The summed E-state index contributed by atoms with van der Waals surface area (Å²) in [6.45, 7) is 0.175. The molecule has 0 N–H and O–H groups in total. The molecule has 10 heteroatoms. The van der Waals surface area contributed by atoms with Gasteiger partial charge in [-0.1, -0.05) is 35.9 Å². The smallest absolute Gasteiger partial charge is 0.242 e. The number of halogens is 1. The molecule has 2 aromatic rings. The summed E-state index contributed by atoms with van der Waals surface area (Å²) in [7, 11) is -1.10. The molecule has 2 aromatic carbocycles. The maximum absolute atomic E-state index is 12.1. The van der Waals surface area contributed by atoms with E-state index in [1.54, 1.807) is 24.3 Å². The Morgan fingerprint density at radius 2 is 1.18 bits per heavy atom. The molecule has 28 heavy (non-hydrogen) atoms. The van der Waals surface area contributed by atoms with E-state index in [9.17, 15) is 16.8 Å². The minimum atomic E-state index is -3.50. The van der Waals surface area contributed by atoms with Crippen molar-refractivity contribution < 1.29 is 21.6 Å². The summed E-state index contributed by atoms with van der Waals surface area (Å²) in [6, 6.07) is 12.5. The number of rotatable bonds is 8. The summed E-state index contributed by atoms with van der Waals surface area (Å²) in [6.07, 6.45) is 0. The fourth-order valence-corrected chi connectivity index (χ4v) is 4.25. The van der Waals surface area contributed by atoms with Gasteiger partial charge in [0, 0.05) is 28.2 Å². The number of benzene rings is 2. The van der Waals surface area contributed by atoms with Crippen LogP contribution in [-0.2, 0) is 31.4 Å². The van der Waals surface area contributed by atoms with Crippen LogP contribution in [0, 0.1) is 0 Å². The first-order chi connectivity index (χ1) is 13.0. The van der Waals surface area contributed by atoms with Crippen molar-refractivity contribution in [1.29, 1.82) is 0 Å². The van der Waals surface area contributed by atoms with Crippen LogP contribution in [0.4, 0.5) is 0 Å². The van der Waals surface area contributed by atoms with Crippen LogP contribution in [0.3, 0.4) is 0 Å². The van der Waals surface area contributed by atoms with E-state index in [4.69, 9.17) is 16.3 Å². The maximum atomic E-state index is 12.1. The molecular formula is C18H23ClN2O5S2. The van der Waals surface area contributed by atoms with Gasteiger partial charge in [0.15, 0.2) is 5.56 Å². The van der Waals surface area contributed by atoms with E-state index < -0.39 is 25.6 Å². The summed E-state index contributed by atoms with van der Waals surface area (Å²) in [5.41, 5.74) is 0.600. The Morgan fingerprint density at radius 1 is 0.786 bits per heavy atom. The lowest BCUT2D eigenvalue weighted by Gasteiger charge is -2.15. The molecule has 0 amide bonds.